The van der Waals surface area contributed by atoms with Crippen molar-refractivity contribution in [1.29, 1.82) is 0 Å². The number of halogens is 2. The normalized spacial score (nSPS) is 13.0. The van der Waals surface area contributed by atoms with Gasteiger partial charge >= 0.3 is 0 Å². The van der Waals surface area contributed by atoms with E-state index in [9.17, 15) is 4.39 Å². The lowest BCUT2D eigenvalue weighted by atomic mass is 10.0. The van der Waals surface area contributed by atoms with Gasteiger partial charge in [-0.2, -0.15) is 0 Å². The van der Waals surface area contributed by atoms with E-state index in [2.05, 4.69) is 23.4 Å². The van der Waals surface area contributed by atoms with Gasteiger partial charge in [0, 0.05) is 6.04 Å². The highest BCUT2D eigenvalue weighted by Crippen LogP contribution is 2.29. The summed E-state index contributed by atoms with van der Waals surface area (Å²) in [5.74, 6) is 0.996. The molecule has 2 rings (SSSR count). The van der Waals surface area contributed by atoms with Crippen LogP contribution < -0.4 is 0 Å². The van der Waals surface area contributed by atoms with Gasteiger partial charge in [-0.3, -0.25) is 0 Å². The molecule has 0 amide bonds. The first kappa shape index (κ1) is 15.3. The van der Waals surface area contributed by atoms with Crippen LogP contribution in [0.1, 0.15) is 57.8 Å². The van der Waals surface area contributed by atoms with Crippen LogP contribution in [-0.2, 0) is 5.88 Å². The van der Waals surface area contributed by atoms with E-state index in [1.807, 2.05) is 0 Å². The van der Waals surface area contributed by atoms with E-state index in [0.717, 1.165) is 42.5 Å². The summed E-state index contributed by atoms with van der Waals surface area (Å²) in [5, 5.41) is 0. The zero-order valence-corrected chi connectivity index (χ0v) is 13.0. The smallest absolute Gasteiger partial charge is 0.125 e. The highest BCUT2D eigenvalue weighted by Gasteiger charge is 2.18. The van der Waals surface area contributed by atoms with Crippen LogP contribution in [0.3, 0.4) is 0 Å². The molecule has 1 aromatic carbocycles. The van der Waals surface area contributed by atoms with Crippen molar-refractivity contribution in [3.05, 3.63) is 29.8 Å². The topological polar surface area (TPSA) is 17.8 Å². The number of aromatic nitrogens is 2. The Hall–Kier alpha value is -1.09. The fourth-order valence-corrected chi connectivity index (χ4v) is 2.98. The van der Waals surface area contributed by atoms with Gasteiger partial charge in [0.25, 0.3) is 0 Å². The number of unbranched alkanes of at least 4 members (excludes halogenated alkanes) is 1. The third kappa shape index (κ3) is 3.14. The zero-order chi connectivity index (χ0) is 14.5. The van der Waals surface area contributed by atoms with Crippen LogP contribution in [0.5, 0.6) is 0 Å². The molecule has 1 heterocycles. The number of nitrogens with zero attached hydrogens (tertiary/aromatic N) is 2. The summed E-state index contributed by atoms with van der Waals surface area (Å²) < 4.78 is 15.7. The fourth-order valence-electron chi connectivity index (χ4n) is 2.79. The largest absolute Gasteiger partial charge is 0.324 e. The molecule has 0 aliphatic heterocycles. The summed E-state index contributed by atoms with van der Waals surface area (Å²) in [5.41, 5.74) is 1.70. The number of imidazole rings is 1. The first-order valence-electron chi connectivity index (χ1n) is 7.43. The highest BCUT2D eigenvalue weighted by molar-refractivity contribution is 6.16. The molecule has 0 saturated heterocycles. The number of rotatable bonds is 7. The number of hydrogen-bond donors (Lipinski definition) is 0. The molecule has 0 spiro atoms. The zero-order valence-electron chi connectivity index (χ0n) is 12.2. The van der Waals surface area contributed by atoms with E-state index in [1.165, 1.54) is 12.5 Å². The number of benzene rings is 1. The molecule has 1 unspecified atom stereocenters. The summed E-state index contributed by atoms with van der Waals surface area (Å²) in [6.45, 7) is 4.37. The van der Waals surface area contributed by atoms with E-state index in [-0.39, 0.29) is 5.82 Å². The van der Waals surface area contributed by atoms with Crippen molar-refractivity contribution in [3.8, 4) is 0 Å². The molecule has 110 valence electrons. The third-order valence-corrected chi connectivity index (χ3v) is 3.96. The van der Waals surface area contributed by atoms with E-state index >= 15 is 0 Å². The Labute approximate surface area is 125 Å². The summed E-state index contributed by atoms with van der Waals surface area (Å²) in [6.07, 6.45) is 5.60. The van der Waals surface area contributed by atoms with Gasteiger partial charge in [0.1, 0.15) is 11.6 Å². The summed E-state index contributed by atoms with van der Waals surface area (Å²) in [6, 6.07) is 5.13. The third-order valence-electron chi connectivity index (χ3n) is 3.72. The monoisotopic (exact) mass is 296 g/mol. The van der Waals surface area contributed by atoms with Crippen molar-refractivity contribution in [2.24, 2.45) is 0 Å². The fraction of sp³-hybridized carbons (Fsp3) is 0.562. The van der Waals surface area contributed by atoms with Gasteiger partial charge in [-0.15, -0.1) is 11.6 Å². The molecule has 0 aliphatic carbocycles. The first-order valence-corrected chi connectivity index (χ1v) is 7.97. The predicted molar refractivity (Wildman–Crippen MR) is 82.7 cm³/mol. The van der Waals surface area contributed by atoms with Crippen molar-refractivity contribution in [1.82, 2.24) is 9.55 Å². The molecule has 1 aromatic heterocycles. The summed E-state index contributed by atoms with van der Waals surface area (Å²) in [7, 11) is 0. The lowest BCUT2D eigenvalue weighted by molar-refractivity contribution is 0.418. The molecule has 4 heteroatoms. The van der Waals surface area contributed by atoms with Crippen LogP contribution in [0, 0.1) is 5.82 Å². The van der Waals surface area contributed by atoms with Gasteiger partial charge in [-0.05, 0) is 31.0 Å². The molecular formula is C16H22ClFN2. The van der Waals surface area contributed by atoms with Crippen LogP contribution in [-0.4, -0.2) is 9.55 Å². The van der Waals surface area contributed by atoms with Gasteiger partial charge in [0.15, 0.2) is 0 Å². The lowest BCUT2D eigenvalue weighted by Crippen LogP contribution is -2.12. The van der Waals surface area contributed by atoms with Gasteiger partial charge in [-0.25, -0.2) is 9.37 Å². The molecule has 0 bridgehead atoms. The molecule has 2 nitrogen and oxygen atoms in total. The quantitative estimate of drug-likeness (QED) is 0.622. The average molecular weight is 297 g/mol. The molecule has 0 fully saturated rings. The minimum atomic E-state index is -0.217. The maximum absolute atomic E-state index is 13.6. The molecule has 0 aliphatic rings. The van der Waals surface area contributed by atoms with E-state index in [1.54, 1.807) is 12.1 Å². The Bertz CT molecular complexity index is 565. The molecule has 20 heavy (non-hydrogen) atoms. The standard InChI is InChI=1S/C16H22ClFN2/c1-3-5-7-13(6-4-2)20-15-10-12(18)8-9-14(15)19-16(20)11-17/h8-10,13H,3-7,11H2,1-2H3. The Morgan fingerprint density at radius 1 is 1.25 bits per heavy atom. The number of fused-ring (bicyclic) bond motifs is 1. The second-order valence-corrected chi connectivity index (χ2v) is 5.52. The van der Waals surface area contributed by atoms with Gasteiger partial charge in [-0.1, -0.05) is 33.1 Å². The molecular weight excluding hydrogens is 275 g/mol. The van der Waals surface area contributed by atoms with E-state index in [0.29, 0.717) is 11.9 Å². The van der Waals surface area contributed by atoms with Crippen LogP contribution in [0.25, 0.3) is 11.0 Å². The van der Waals surface area contributed by atoms with Crippen molar-refractivity contribution < 1.29 is 4.39 Å². The van der Waals surface area contributed by atoms with Crippen molar-refractivity contribution >= 4 is 22.6 Å². The average Bonchev–Trinajstić information content (AvgIpc) is 2.81. The SMILES string of the molecule is CCCCC(CCC)n1c(CCl)nc2ccc(F)cc21. The molecule has 1 atom stereocenters. The first-order chi connectivity index (χ1) is 9.71. The summed E-state index contributed by atoms with van der Waals surface area (Å²) in [4.78, 5) is 4.55. The van der Waals surface area contributed by atoms with Crippen molar-refractivity contribution in [3.63, 3.8) is 0 Å². The molecule has 0 saturated carbocycles. The minimum absolute atomic E-state index is 0.217. The molecule has 0 N–H and O–H groups in total. The van der Waals surface area contributed by atoms with Gasteiger partial charge in [0.2, 0.25) is 0 Å². The minimum Gasteiger partial charge on any atom is -0.324 e. The van der Waals surface area contributed by atoms with Crippen LogP contribution in [0.4, 0.5) is 4.39 Å². The number of hydrogen-bond acceptors (Lipinski definition) is 1. The Morgan fingerprint density at radius 3 is 2.70 bits per heavy atom. The lowest BCUT2D eigenvalue weighted by Gasteiger charge is -2.21. The second kappa shape index (κ2) is 7.07. The highest BCUT2D eigenvalue weighted by atomic mass is 35.5. The predicted octanol–water partition coefficient (Wildman–Crippen LogP) is 5.45. The maximum atomic E-state index is 13.6. The summed E-state index contributed by atoms with van der Waals surface area (Å²) >= 11 is 6.04. The van der Waals surface area contributed by atoms with Crippen molar-refractivity contribution in [2.75, 3.05) is 0 Å². The second-order valence-electron chi connectivity index (χ2n) is 5.25. The van der Waals surface area contributed by atoms with Crippen LogP contribution in [0.15, 0.2) is 18.2 Å². The van der Waals surface area contributed by atoms with Gasteiger partial charge < -0.3 is 4.57 Å². The van der Waals surface area contributed by atoms with Crippen LogP contribution >= 0.6 is 11.6 Å². The Balaban J connectivity index is 2.49. The molecule has 0 radical (unpaired) electrons. The number of alkyl halides is 1. The Kier molecular flexibility index (Phi) is 5.41. The van der Waals surface area contributed by atoms with Crippen molar-refractivity contribution in [2.45, 2.75) is 57.9 Å². The van der Waals surface area contributed by atoms with E-state index < -0.39 is 0 Å². The Morgan fingerprint density at radius 2 is 2.05 bits per heavy atom. The van der Waals surface area contributed by atoms with E-state index in [4.69, 9.17) is 11.6 Å². The molecule has 2 aromatic rings. The van der Waals surface area contributed by atoms with Crippen LogP contribution in [0.2, 0.25) is 0 Å². The maximum Gasteiger partial charge on any atom is 0.125 e. The van der Waals surface area contributed by atoms with Gasteiger partial charge in [0.05, 0.1) is 16.9 Å².